The first-order chi connectivity index (χ1) is 12.1. The molecule has 3 rings (SSSR count). The van der Waals surface area contributed by atoms with Crippen molar-refractivity contribution in [3.63, 3.8) is 0 Å². The monoisotopic (exact) mass is 342 g/mol. The number of hydrogen-bond acceptors (Lipinski definition) is 5. The molecule has 0 fully saturated rings. The summed E-state index contributed by atoms with van der Waals surface area (Å²) in [6, 6.07) is 10.9. The largest absolute Gasteiger partial charge is 0.465 e. The molecule has 7 nitrogen and oxygen atoms in total. The Morgan fingerprint density at radius 2 is 1.96 bits per heavy atom. The molecule has 1 aromatic heterocycles. The summed E-state index contributed by atoms with van der Waals surface area (Å²) in [7, 11) is 1.28. The van der Waals surface area contributed by atoms with Crippen LogP contribution in [0.4, 0.5) is 4.79 Å². The van der Waals surface area contributed by atoms with Crippen molar-refractivity contribution in [3.8, 4) is 0 Å². The number of esters is 1. The van der Waals surface area contributed by atoms with Crippen molar-refractivity contribution < 1.29 is 23.9 Å². The number of rotatable bonds is 4. The van der Waals surface area contributed by atoms with E-state index < -0.39 is 12.1 Å². The number of carbonyl (C=O) groups is 3. The fourth-order valence-electron chi connectivity index (χ4n) is 2.88. The van der Waals surface area contributed by atoms with Gasteiger partial charge in [-0.05, 0) is 11.6 Å². The first-order valence-electron chi connectivity index (χ1n) is 7.85. The first kappa shape index (κ1) is 16.8. The van der Waals surface area contributed by atoms with Crippen molar-refractivity contribution in [1.82, 2.24) is 9.47 Å². The number of benzene rings is 1. The third-order valence-electron chi connectivity index (χ3n) is 4.16. The molecule has 1 aliphatic heterocycles. The number of carbonyl (C=O) groups excluding carboxylic acids is 3. The molecular weight excluding hydrogens is 324 g/mol. The number of methoxy groups -OCH3 is 1. The fraction of sp³-hybridized carbons (Fsp3) is 0.278. The maximum Gasteiger partial charge on any atom is 0.410 e. The molecule has 2 aromatic rings. The van der Waals surface area contributed by atoms with Gasteiger partial charge in [-0.2, -0.15) is 0 Å². The van der Waals surface area contributed by atoms with Gasteiger partial charge in [0.2, 0.25) is 0 Å². The van der Waals surface area contributed by atoms with Crippen LogP contribution in [0.25, 0.3) is 0 Å². The molecule has 1 aliphatic rings. The number of hydrogen-bond donors (Lipinski definition) is 0. The molecule has 0 bridgehead atoms. The topological polar surface area (TPSA) is 77.8 Å². The lowest BCUT2D eigenvalue weighted by molar-refractivity contribution is 0.0591. The van der Waals surface area contributed by atoms with Crippen LogP contribution in [0, 0.1) is 0 Å². The summed E-state index contributed by atoms with van der Waals surface area (Å²) in [5.74, 6) is -0.531. The molecule has 7 heteroatoms. The average molecular weight is 342 g/mol. The second-order valence-corrected chi connectivity index (χ2v) is 5.65. The highest BCUT2D eigenvalue weighted by Gasteiger charge is 2.28. The molecule has 0 atom stereocenters. The van der Waals surface area contributed by atoms with Gasteiger partial charge in [0.15, 0.2) is 6.29 Å². The highest BCUT2D eigenvalue weighted by atomic mass is 16.6. The Morgan fingerprint density at radius 3 is 2.64 bits per heavy atom. The molecule has 0 unspecified atom stereocenters. The third-order valence-corrected chi connectivity index (χ3v) is 4.16. The summed E-state index contributed by atoms with van der Waals surface area (Å²) in [5.41, 5.74) is 2.17. The summed E-state index contributed by atoms with van der Waals surface area (Å²) in [5, 5.41) is 0. The van der Waals surface area contributed by atoms with Gasteiger partial charge in [-0.3, -0.25) is 4.79 Å². The zero-order valence-corrected chi connectivity index (χ0v) is 13.8. The smallest absolute Gasteiger partial charge is 0.410 e. The standard InChI is InChI=1S/C18H18N2O5/c1-24-17(22)15-9-14(11-21)20-8-7-19(10-16(15)20)18(23)25-12-13-5-3-2-4-6-13/h2-6,9,11H,7-8,10,12H2,1H3. The molecule has 0 spiro atoms. The average Bonchev–Trinajstić information content (AvgIpc) is 3.04. The zero-order chi connectivity index (χ0) is 17.8. The second-order valence-electron chi connectivity index (χ2n) is 5.65. The molecule has 130 valence electrons. The van der Waals surface area contributed by atoms with E-state index in [1.807, 2.05) is 30.3 Å². The van der Waals surface area contributed by atoms with E-state index in [0.717, 1.165) is 5.56 Å². The van der Waals surface area contributed by atoms with E-state index >= 15 is 0 Å². The Labute approximate surface area is 144 Å². The third kappa shape index (κ3) is 3.40. The van der Waals surface area contributed by atoms with Gasteiger partial charge in [0.05, 0.1) is 30.6 Å². The van der Waals surface area contributed by atoms with Gasteiger partial charge in [0.25, 0.3) is 0 Å². The quantitative estimate of drug-likeness (QED) is 0.629. The maximum absolute atomic E-state index is 12.3. The maximum atomic E-state index is 12.3. The Hall–Kier alpha value is -3.09. The van der Waals surface area contributed by atoms with Crippen LogP contribution in [-0.4, -0.2) is 41.5 Å². The van der Waals surface area contributed by atoms with Crippen molar-refractivity contribution in [2.75, 3.05) is 13.7 Å². The Bertz CT molecular complexity index is 797. The SMILES string of the molecule is COC(=O)c1cc(C=O)n2c1CN(C(=O)OCc1ccccc1)CC2. The second kappa shape index (κ2) is 7.21. The lowest BCUT2D eigenvalue weighted by Crippen LogP contribution is -2.39. The van der Waals surface area contributed by atoms with E-state index in [1.165, 1.54) is 18.1 Å². The fourth-order valence-corrected chi connectivity index (χ4v) is 2.88. The molecule has 0 N–H and O–H groups in total. The lowest BCUT2D eigenvalue weighted by atomic mass is 10.2. The molecule has 0 saturated carbocycles. The number of aldehydes is 1. The van der Waals surface area contributed by atoms with Crippen molar-refractivity contribution in [2.45, 2.75) is 19.7 Å². The molecule has 2 heterocycles. The minimum Gasteiger partial charge on any atom is -0.465 e. The molecule has 25 heavy (non-hydrogen) atoms. The van der Waals surface area contributed by atoms with Crippen LogP contribution in [0.2, 0.25) is 0 Å². The Balaban J connectivity index is 1.73. The van der Waals surface area contributed by atoms with Crippen LogP contribution >= 0.6 is 0 Å². The number of amides is 1. The van der Waals surface area contributed by atoms with Crippen molar-refractivity contribution in [3.05, 3.63) is 58.9 Å². The Morgan fingerprint density at radius 1 is 1.20 bits per heavy atom. The van der Waals surface area contributed by atoms with Crippen molar-refractivity contribution in [1.29, 1.82) is 0 Å². The van der Waals surface area contributed by atoms with Gasteiger partial charge in [0.1, 0.15) is 6.61 Å². The summed E-state index contributed by atoms with van der Waals surface area (Å²) in [6.45, 7) is 1.18. The van der Waals surface area contributed by atoms with Gasteiger partial charge in [-0.1, -0.05) is 30.3 Å². The van der Waals surface area contributed by atoms with Gasteiger partial charge in [0, 0.05) is 13.1 Å². The highest BCUT2D eigenvalue weighted by Crippen LogP contribution is 2.23. The van der Waals surface area contributed by atoms with Crippen LogP contribution in [0.5, 0.6) is 0 Å². The highest BCUT2D eigenvalue weighted by molar-refractivity contribution is 5.93. The number of fused-ring (bicyclic) bond motifs is 1. The summed E-state index contributed by atoms with van der Waals surface area (Å²) < 4.78 is 11.8. The minimum atomic E-state index is -0.531. The van der Waals surface area contributed by atoms with Crippen LogP contribution in [0.3, 0.4) is 0 Å². The first-order valence-corrected chi connectivity index (χ1v) is 7.85. The van der Waals surface area contributed by atoms with E-state index in [1.54, 1.807) is 4.57 Å². The van der Waals surface area contributed by atoms with Crippen LogP contribution in [0.1, 0.15) is 32.1 Å². The van der Waals surface area contributed by atoms with E-state index in [2.05, 4.69) is 0 Å². The molecule has 1 aromatic carbocycles. The Kier molecular flexibility index (Phi) is 4.83. The predicted octanol–water partition coefficient (Wildman–Crippen LogP) is 2.24. The van der Waals surface area contributed by atoms with Crippen LogP contribution in [0.15, 0.2) is 36.4 Å². The molecule has 0 saturated heterocycles. The van der Waals surface area contributed by atoms with Gasteiger partial charge < -0.3 is 18.9 Å². The number of ether oxygens (including phenoxy) is 2. The molecule has 1 amide bonds. The lowest BCUT2D eigenvalue weighted by Gasteiger charge is -2.29. The molecular formula is C18H18N2O5. The molecule has 0 radical (unpaired) electrons. The van der Waals surface area contributed by atoms with E-state index in [0.29, 0.717) is 36.3 Å². The van der Waals surface area contributed by atoms with Crippen molar-refractivity contribution >= 4 is 18.3 Å². The number of aromatic nitrogens is 1. The summed E-state index contributed by atoms with van der Waals surface area (Å²) in [6.07, 6.45) is 0.235. The minimum absolute atomic E-state index is 0.181. The zero-order valence-electron chi connectivity index (χ0n) is 13.8. The van der Waals surface area contributed by atoms with E-state index in [9.17, 15) is 14.4 Å². The van der Waals surface area contributed by atoms with Crippen LogP contribution < -0.4 is 0 Å². The normalized spacial score (nSPS) is 13.1. The van der Waals surface area contributed by atoms with E-state index in [4.69, 9.17) is 9.47 Å². The summed E-state index contributed by atoms with van der Waals surface area (Å²) in [4.78, 5) is 36.9. The van der Waals surface area contributed by atoms with Crippen molar-refractivity contribution in [2.24, 2.45) is 0 Å². The summed E-state index contributed by atoms with van der Waals surface area (Å²) >= 11 is 0. The number of nitrogens with zero attached hydrogens (tertiary/aromatic N) is 2. The van der Waals surface area contributed by atoms with Gasteiger partial charge >= 0.3 is 12.1 Å². The van der Waals surface area contributed by atoms with Crippen LogP contribution in [-0.2, 0) is 29.2 Å². The van der Waals surface area contributed by atoms with Gasteiger partial charge in [-0.15, -0.1) is 0 Å². The van der Waals surface area contributed by atoms with Gasteiger partial charge in [-0.25, -0.2) is 9.59 Å². The molecule has 0 aliphatic carbocycles. The van der Waals surface area contributed by atoms with E-state index in [-0.39, 0.29) is 13.2 Å². The predicted molar refractivity (Wildman–Crippen MR) is 88.2 cm³/mol.